The maximum atomic E-state index is 2.68. The summed E-state index contributed by atoms with van der Waals surface area (Å²) in [6, 6.07) is 92.2. The van der Waals surface area contributed by atoms with Crippen LogP contribution in [0.25, 0.3) is 175 Å². The van der Waals surface area contributed by atoms with Crippen LogP contribution in [-0.4, -0.2) is 17.9 Å². The topological polar surface area (TPSA) is 18.7 Å². The Labute approximate surface area is 496 Å². The van der Waals surface area contributed by atoms with Crippen molar-refractivity contribution in [3.8, 4) is 33.6 Å². The van der Waals surface area contributed by atoms with Gasteiger partial charge in [0, 0.05) is 87.1 Å². The monoisotopic (exact) mass is 1100 g/mol. The second kappa shape index (κ2) is 16.7. The van der Waals surface area contributed by atoms with Crippen molar-refractivity contribution in [3.05, 3.63) is 254 Å². The van der Waals surface area contributed by atoms with E-state index in [2.05, 4.69) is 302 Å². The highest BCUT2D eigenvalue weighted by molar-refractivity contribution is 6.40. The molecule has 0 unspecified atom stereocenters. The van der Waals surface area contributed by atoms with Gasteiger partial charge in [-0.05, 0) is 164 Å². The second-order valence-electron chi connectivity index (χ2n) is 26.4. The van der Waals surface area contributed by atoms with Gasteiger partial charge in [0.15, 0.2) is 0 Å². The van der Waals surface area contributed by atoms with Crippen molar-refractivity contribution in [2.75, 3.05) is 0 Å². The van der Waals surface area contributed by atoms with Gasteiger partial charge >= 0.3 is 0 Å². The second-order valence-corrected chi connectivity index (χ2v) is 26.4. The molecule has 0 aliphatic carbocycles. The maximum Gasteiger partial charge on any atom is 0.0627 e. The number of hydrogen-bond donors (Lipinski definition) is 0. The number of nitrogens with zero attached hydrogens (tertiary/aromatic N) is 4. The van der Waals surface area contributed by atoms with E-state index in [-0.39, 0.29) is 10.8 Å². The summed E-state index contributed by atoms with van der Waals surface area (Å²) in [5.41, 5.74) is 22.1. The Bertz CT molecular complexity index is 6130. The van der Waals surface area contributed by atoms with E-state index in [1.165, 1.54) is 175 Å². The standard InChI is InChI=1S/C82H58N4/c1-81(2,3)51-43-59(49-33-35-69-60(39-49)57-29-17-19-31-67(57)83(69)53-23-9-7-10-24-53)77-65(45-51)74-56-28-16-14-22-48(56)41-64-75-71(85(77)80(64)74)37-38-72-76(75)66-46-52(82(4,5)6)44-63-62-40-47-21-13-15-27-55(47)73(79(62)86(72)78(63)66)50-34-36-70-61(42-50)58-30-18-20-32-68(58)84(70)54-25-11-8-12-26-54/h7-46H,1-6H3. The van der Waals surface area contributed by atoms with Crippen LogP contribution in [-0.2, 0) is 10.8 Å². The zero-order valence-electron chi connectivity index (χ0n) is 48.9. The lowest BCUT2D eigenvalue weighted by molar-refractivity contribution is 0.591. The van der Waals surface area contributed by atoms with Gasteiger partial charge < -0.3 is 17.9 Å². The predicted molar refractivity (Wildman–Crippen MR) is 368 cm³/mol. The summed E-state index contributed by atoms with van der Waals surface area (Å²) in [7, 11) is 0. The number of para-hydroxylation sites is 4. The lowest BCUT2D eigenvalue weighted by Crippen LogP contribution is -2.11. The largest absolute Gasteiger partial charge is 0.309 e. The summed E-state index contributed by atoms with van der Waals surface area (Å²) in [6.07, 6.45) is 0. The van der Waals surface area contributed by atoms with Gasteiger partial charge in [-0.25, -0.2) is 0 Å². The van der Waals surface area contributed by atoms with E-state index in [1.807, 2.05) is 0 Å². The fraction of sp³-hybridized carbons (Fsp3) is 0.0976. The van der Waals surface area contributed by atoms with Crippen LogP contribution in [0.15, 0.2) is 243 Å². The molecule has 0 radical (unpaired) electrons. The average molecular weight is 1100 g/mol. The van der Waals surface area contributed by atoms with Gasteiger partial charge in [-0.3, -0.25) is 0 Å². The van der Waals surface area contributed by atoms with Crippen molar-refractivity contribution in [2.24, 2.45) is 0 Å². The number of rotatable bonds is 4. The zero-order chi connectivity index (χ0) is 57.2. The molecule has 6 heterocycles. The highest BCUT2D eigenvalue weighted by Crippen LogP contribution is 2.53. The van der Waals surface area contributed by atoms with Crippen LogP contribution in [0.5, 0.6) is 0 Å². The molecular formula is C82H58N4. The van der Waals surface area contributed by atoms with E-state index in [0.29, 0.717) is 0 Å². The average Bonchev–Trinajstić information content (AvgIpc) is 1.53. The third kappa shape index (κ3) is 6.27. The van der Waals surface area contributed by atoms with Gasteiger partial charge in [0.2, 0.25) is 0 Å². The molecule has 0 aliphatic heterocycles. The van der Waals surface area contributed by atoms with Crippen LogP contribution in [0, 0.1) is 0 Å². The fourth-order valence-corrected chi connectivity index (χ4v) is 15.7. The van der Waals surface area contributed by atoms with E-state index in [1.54, 1.807) is 0 Å². The summed E-state index contributed by atoms with van der Waals surface area (Å²) < 4.78 is 10.2. The van der Waals surface area contributed by atoms with Gasteiger partial charge in [0.1, 0.15) is 0 Å². The smallest absolute Gasteiger partial charge is 0.0627 e. The van der Waals surface area contributed by atoms with Crippen LogP contribution < -0.4 is 0 Å². The molecule has 0 saturated carbocycles. The summed E-state index contributed by atoms with van der Waals surface area (Å²) in [4.78, 5) is 0. The molecule has 0 N–H and O–H groups in total. The van der Waals surface area contributed by atoms with Crippen molar-refractivity contribution in [1.29, 1.82) is 0 Å². The van der Waals surface area contributed by atoms with Crippen LogP contribution in [0.4, 0.5) is 0 Å². The van der Waals surface area contributed by atoms with Crippen LogP contribution >= 0.6 is 0 Å². The maximum absolute atomic E-state index is 2.68. The molecule has 0 spiro atoms. The summed E-state index contributed by atoms with van der Waals surface area (Å²) in [5, 5.41) is 20.5. The summed E-state index contributed by atoms with van der Waals surface area (Å²) in [5.74, 6) is 0. The van der Waals surface area contributed by atoms with E-state index in [9.17, 15) is 0 Å². The van der Waals surface area contributed by atoms with Crippen molar-refractivity contribution in [1.82, 2.24) is 17.9 Å². The van der Waals surface area contributed by atoms with Crippen molar-refractivity contribution < 1.29 is 0 Å². The summed E-state index contributed by atoms with van der Waals surface area (Å²) >= 11 is 0. The van der Waals surface area contributed by atoms with E-state index in [0.717, 1.165) is 11.4 Å². The molecule has 0 saturated heterocycles. The molecule has 0 atom stereocenters. The Hall–Kier alpha value is -10.4. The Morgan fingerprint density at radius 1 is 0.256 bits per heavy atom. The number of hydrogen-bond acceptors (Lipinski definition) is 0. The highest BCUT2D eigenvalue weighted by Gasteiger charge is 2.31. The Morgan fingerprint density at radius 3 is 1.28 bits per heavy atom. The lowest BCUT2D eigenvalue weighted by Gasteiger charge is -2.21. The molecule has 13 aromatic carbocycles. The van der Waals surface area contributed by atoms with Gasteiger partial charge in [-0.2, -0.15) is 0 Å². The minimum absolute atomic E-state index is 0.113. The van der Waals surface area contributed by atoms with Gasteiger partial charge in [-0.1, -0.05) is 175 Å². The first-order valence-corrected chi connectivity index (χ1v) is 30.4. The van der Waals surface area contributed by atoms with Gasteiger partial charge in [0.25, 0.3) is 0 Å². The molecule has 19 aromatic rings. The molecular weight excluding hydrogens is 1040 g/mol. The minimum Gasteiger partial charge on any atom is -0.309 e. The van der Waals surface area contributed by atoms with E-state index in [4.69, 9.17) is 0 Å². The number of benzene rings is 13. The Balaban J connectivity index is 0.968. The van der Waals surface area contributed by atoms with Crippen LogP contribution in [0.2, 0.25) is 0 Å². The molecule has 4 heteroatoms. The Morgan fingerprint density at radius 2 is 0.674 bits per heavy atom. The van der Waals surface area contributed by atoms with Crippen LogP contribution in [0.3, 0.4) is 0 Å². The van der Waals surface area contributed by atoms with Gasteiger partial charge in [-0.15, -0.1) is 0 Å². The van der Waals surface area contributed by atoms with Gasteiger partial charge in [0.05, 0.1) is 55.2 Å². The first kappa shape index (κ1) is 48.0. The normalized spacial score (nSPS) is 13.0. The van der Waals surface area contributed by atoms with E-state index >= 15 is 0 Å². The van der Waals surface area contributed by atoms with Crippen molar-refractivity contribution in [2.45, 2.75) is 52.4 Å². The first-order chi connectivity index (χ1) is 42.0. The first-order valence-electron chi connectivity index (χ1n) is 30.4. The molecule has 406 valence electrons. The Kier molecular flexibility index (Phi) is 9.31. The SMILES string of the molecule is CC(C)(C)c1cc(-c2ccc3c(c2)c2ccccc2n3-c2ccccc2)c2c(c1)c1c3ccccc3cc3c4c5c6cc(C(C)(C)C)cc7c8cc9ccccc9c(-c9ccc%10c(c9)c9ccccc9n%10-c9ccccc9)c8n(c5ccc4n2c31)c76. The lowest BCUT2D eigenvalue weighted by atomic mass is 9.83. The molecule has 0 bridgehead atoms. The number of fused-ring (bicyclic) bond motifs is 22. The van der Waals surface area contributed by atoms with Crippen LogP contribution in [0.1, 0.15) is 52.7 Å². The molecule has 4 nitrogen and oxygen atoms in total. The van der Waals surface area contributed by atoms with Crippen molar-refractivity contribution >= 4 is 141 Å². The fourth-order valence-electron chi connectivity index (χ4n) is 15.7. The molecule has 86 heavy (non-hydrogen) atoms. The summed E-state index contributed by atoms with van der Waals surface area (Å²) in [6.45, 7) is 14.2. The number of aromatic nitrogens is 4. The molecule has 0 fully saturated rings. The highest BCUT2D eigenvalue weighted by atomic mass is 15.0. The third-order valence-corrected chi connectivity index (χ3v) is 19.6. The molecule has 0 aliphatic rings. The quantitative estimate of drug-likeness (QED) is 0.167. The van der Waals surface area contributed by atoms with Crippen molar-refractivity contribution in [3.63, 3.8) is 0 Å². The minimum atomic E-state index is -0.122. The predicted octanol–water partition coefficient (Wildman–Crippen LogP) is 22.4. The molecule has 19 rings (SSSR count). The third-order valence-electron chi connectivity index (χ3n) is 19.6. The molecule has 6 aromatic heterocycles. The zero-order valence-corrected chi connectivity index (χ0v) is 48.9. The van der Waals surface area contributed by atoms with E-state index < -0.39 is 0 Å². The molecule has 0 amide bonds.